The van der Waals surface area contributed by atoms with Gasteiger partial charge in [0.1, 0.15) is 12.7 Å². The number of anilines is 2. The molecule has 1 saturated carbocycles. The average Bonchev–Trinajstić information content (AvgIpc) is 3.55. The second kappa shape index (κ2) is 9.18. The minimum absolute atomic E-state index is 0.0296. The van der Waals surface area contributed by atoms with E-state index in [0.29, 0.717) is 32.1 Å². The summed E-state index contributed by atoms with van der Waals surface area (Å²) in [7, 11) is 1.54. The zero-order chi connectivity index (χ0) is 21.1. The first-order valence-electron chi connectivity index (χ1n) is 10.4. The number of rotatable bonds is 7. The molecule has 9 heteroatoms. The fourth-order valence-corrected chi connectivity index (χ4v) is 4.13. The molecular formula is C21H28N4O4S. The Bertz CT molecular complexity index is 791. The molecule has 3 fully saturated rings. The van der Waals surface area contributed by atoms with Gasteiger partial charge in [-0.2, -0.15) is 0 Å². The summed E-state index contributed by atoms with van der Waals surface area (Å²) in [5.41, 5.74) is 1.91. The number of carbonyl (C=O) groups excluding carboxylic acids is 2. The molecule has 2 amide bonds. The second-order valence-corrected chi connectivity index (χ2v) is 8.39. The van der Waals surface area contributed by atoms with Gasteiger partial charge in [0.05, 0.1) is 18.1 Å². The van der Waals surface area contributed by atoms with Crippen LogP contribution in [0.5, 0.6) is 0 Å². The van der Waals surface area contributed by atoms with E-state index in [2.05, 4.69) is 10.2 Å². The molecule has 0 unspecified atom stereocenters. The molecule has 0 bridgehead atoms. The van der Waals surface area contributed by atoms with Crippen molar-refractivity contribution in [3.05, 3.63) is 24.3 Å². The Balaban J connectivity index is 1.28. The number of nitrogens with zero attached hydrogens (tertiary/aromatic N) is 3. The lowest BCUT2D eigenvalue weighted by atomic mass is 10.2. The first-order chi connectivity index (χ1) is 14.5. The zero-order valence-corrected chi connectivity index (χ0v) is 18.0. The standard InChI is InChI=1S/C21H28N4O4S/c1-28-14-19(26)24-10-8-23(9-11-24)16-4-6-17(7-5-16)25-13-18(29-21(25)27)12-22-20(30)15-2-3-15/h4-7,15,18H,2-3,8-14H2,1H3,(H,22,30)/t18-/m0/s1. The Morgan fingerprint density at radius 1 is 1.17 bits per heavy atom. The Kier molecular flexibility index (Phi) is 6.38. The van der Waals surface area contributed by atoms with E-state index in [1.165, 1.54) is 7.11 Å². The zero-order valence-electron chi connectivity index (χ0n) is 17.2. The van der Waals surface area contributed by atoms with E-state index >= 15 is 0 Å². The molecule has 2 heterocycles. The van der Waals surface area contributed by atoms with Gasteiger partial charge in [0, 0.05) is 50.6 Å². The van der Waals surface area contributed by atoms with E-state index in [1.54, 1.807) is 4.90 Å². The van der Waals surface area contributed by atoms with Crippen LogP contribution in [0.2, 0.25) is 0 Å². The van der Waals surface area contributed by atoms with Crippen LogP contribution in [0.1, 0.15) is 12.8 Å². The minimum Gasteiger partial charge on any atom is -0.442 e. The summed E-state index contributed by atoms with van der Waals surface area (Å²) in [5.74, 6) is 0.544. The maximum Gasteiger partial charge on any atom is 0.414 e. The summed E-state index contributed by atoms with van der Waals surface area (Å²) < 4.78 is 10.4. The van der Waals surface area contributed by atoms with E-state index < -0.39 is 0 Å². The van der Waals surface area contributed by atoms with Crippen molar-refractivity contribution in [3.8, 4) is 0 Å². The molecule has 3 aliphatic rings. The number of cyclic esters (lactones) is 1. The number of piperazine rings is 1. The summed E-state index contributed by atoms with van der Waals surface area (Å²) in [4.78, 5) is 30.9. The van der Waals surface area contributed by atoms with Gasteiger partial charge in [0.2, 0.25) is 5.91 Å². The van der Waals surface area contributed by atoms with E-state index in [1.807, 2.05) is 29.2 Å². The van der Waals surface area contributed by atoms with E-state index in [9.17, 15) is 9.59 Å². The molecule has 1 N–H and O–H groups in total. The Morgan fingerprint density at radius 3 is 2.47 bits per heavy atom. The van der Waals surface area contributed by atoms with Crippen molar-refractivity contribution in [2.45, 2.75) is 18.9 Å². The van der Waals surface area contributed by atoms with Crippen LogP contribution in [-0.4, -0.2) is 81.0 Å². The van der Waals surface area contributed by atoms with Crippen molar-refractivity contribution < 1.29 is 19.1 Å². The van der Waals surface area contributed by atoms with Crippen LogP contribution in [-0.2, 0) is 14.3 Å². The number of hydrogen-bond donors (Lipinski definition) is 1. The molecule has 2 saturated heterocycles. The Morgan fingerprint density at radius 2 is 1.83 bits per heavy atom. The van der Waals surface area contributed by atoms with Gasteiger partial charge in [-0.3, -0.25) is 9.69 Å². The third-order valence-corrected chi connectivity index (χ3v) is 6.23. The summed E-state index contributed by atoms with van der Waals surface area (Å²) in [6.07, 6.45) is 1.80. The molecule has 1 aromatic carbocycles. The van der Waals surface area contributed by atoms with Gasteiger partial charge in [0.15, 0.2) is 0 Å². The van der Waals surface area contributed by atoms with Crippen LogP contribution >= 0.6 is 12.2 Å². The SMILES string of the molecule is COCC(=O)N1CCN(c2ccc(N3C[C@H](CNC(=S)C4CC4)OC3=O)cc2)CC1. The molecule has 0 spiro atoms. The van der Waals surface area contributed by atoms with Crippen LogP contribution in [0.3, 0.4) is 0 Å². The summed E-state index contributed by atoms with van der Waals surface area (Å²) >= 11 is 5.34. The smallest absolute Gasteiger partial charge is 0.414 e. The van der Waals surface area contributed by atoms with Crippen LogP contribution in [0.25, 0.3) is 0 Å². The van der Waals surface area contributed by atoms with Crippen molar-refractivity contribution in [1.29, 1.82) is 0 Å². The molecule has 1 aliphatic carbocycles. The van der Waals surface area contributed by atoms with Crippen molar-refractivity contribution in [3.63, 3.8) is 0 Å². The normalized spacial score (nSPS) is 21.6. The van der Waals surface area contributed by atoms with E-state index in [-0.39, 0.29) is 24.7 Å². The molecule has 1 atom stereocenters. The second-order valence-electron chi connectivity index (χ2n) is 7.95. The number of thiocarbonyl (C=S) groups is 1. The topological polar surface area (TPSA) is 74.3 Å². The molecule has 8 nitrogen and oxygen atoms in total. The van der Waals surface area contributed by atoms with Crippen LogP contribution in [0, 0.1) is 5.92 Å². The maximum absolute atomic E-state index is 12.3. The maximum atomic E-state index is 12.3. The van der Waals surface area contributed by atoms with Gasteiger partial charge in [0.25, 0.3) is 0 Å². The van der Waals surface area contributed by atoms with Gasteiger partial charge in [-0.1, -0.05) is 12.2 Å². The lowest BCUT2D eigenvalue weighted by Crippen LogP contribution is -2.49. The van der Waals surface area contributed by atoms with Gasteiger partial charge in [-0.05, 0) is 37.1 Å². The highest BCUT2D eigenvalue weighted by Gasteiger charge is 2.33. The van der Waals surface area contributed by atoms with E-state index in [0.717, 1.165) is 42.3 Å². The number of benzene rings is 1. The van der Waals surface area contributed by atoms with Crippen LogP contribution < -0.4 is 15.1 Å². The van der Waals surface area contributed by atoms with Crippen molar-refractivity contribution >= 4 is 40.6 Å². The van der Waals surface area contributed by atoms with Gasteiger partial charge >= 0.3 is 6.09 Å². The largest absolute Gasteiger partial charge is 0.442 e. The lowest BCUT2D eigenvalue weighted by Gasteiger charge is -2.36. The predicted octanol–water partition coefficient (Wildman–Crippen LogP) is 1.63. The van der Waals surface area contributed by atoms with Gasteiger partial charge in [-0.15, -0.1) is 0 Å². The highest BCUT2D eigenvalue weighted by molar-refractivity contribution is 7.80. The highest BCUT2D eigenvalue weighted by Crippen LogP contribution is 2.30. The van der Waals surface area contributed by atoms with Crippen LogP contribution in [0.15, 0.2) is 24.3 Å². The van der Waals surface area contributed by atoms with Crippen molar-refractivity contribution in [2.75, 3.05) is 62.8 Å². The summed E-state index contributed by atoms with van der Waals surface area (Å²) in [5, 5.41) is 3.24. The average molecular weight is 433 g/mol. The summed E-state index contributed by atoms with van der Waals surface area (Å²) in [6, 6.07) is 7.93. The number of methoxy groups -OCH3 is 1. The number of nitrogens with one attached hydrogen (secondary N) is 1. The first kappa shape index (κ1) is 20.9. The monoisotopic (exact) mass is 432 g/mol. The van der Waals surface area contributed by atoms with E-state index in [4.69, 9.17) is 21.7 Å². The molecule has 30 heavy (non-hydrogen) atoms. The number of amides is 2. The third kappa shape index (κ3) is 4.84. The molecule has 0 radical (unpaired) electrons. The molecule has 4 rings (SSSR count). The number of ether oxygens (including phenoxy) is 2. The molecule has 0 aromatic heterocycles. The summed E-state index contributed by atoms with van der Waals surface area (Å²) in [6.45, 7) is 4.11. The van der Waals surface area contributed by atoms with Gasteiger partial charge < -0.3 is 24.6 Å². The minimum atomic E-state index is -0.322. The highest BCUT2D eigenvalue weighted by atomic mass is 32.1. The Hall–Kier alpha value is -2.39. The van der Waals surface area contributed by atoms with Crippen molar-refractivity contribution in [2.24, 2.45) is 5.92 Å². The van der Waals surface area contributed by atoms with Gasteiger partial charge in [-0.25, -0.2) is 4.79 Å². The quantitative estimate of drug-likeness (QED) is 0.657. The fourth-order valence-electron chi connectivity index (χ4n) is 3.82. The number of carbonyl (C=O) groups is 2. The predicted molar refractivity (Wildman–Crippen MR) is 118 cm³/mol. The lowest BCUT2D eigenvalue weighted by molar-refractivity contribution is -0.135. The Labute approximate surface area is 182 Å². The number of hydrogen-bond acceptors (Lipinski definition) is 6. The van der Waals surface area contributed by atoms with Crippen molar-refractivity contribution in [1.82, 2.24) is 10.2 Å². The molecule has 1 aromatic rings. The third-order valence-electron chi connectivity index (χ3n) is 5.75. The fraction of sp³-hybridized carbons (Fsp3) is 0.571. The molecule has 2 aliphatic heterocycles. The molecular weight excluding hydrogens is 404 g/mol. The first-order valence-corrected chi connectivity index (χ1v) is 10.8. The van der Waals surface area contributed by atoms with Crippen LogP contribution in [0.4, 0.5) is 16.2 Å². The molecule has 162 valence electrons.